The van der Waals surface area contributed by atoms with E-state index in [0.717, 1.165) is 5.56 Å². The van der Waals surface area contributed by atoms with Crippen LogP contribution in [0.4, 0.5) is 0 Å². The molecule has 2 aromatic carbocycles. The predicted molar refractivity (Wildman–Crippen MR) is 92.5 cm³/mol. The number of hydrogen-bond acceptors (Lipinski definition) is 3. The van der Waals surface area contributed by atoms with E-state index in [9.17, 15) is 4.79 Å². The smallest absolute Gasteiger partial charge is 0.222 e. The minimum absolute atomic E-state index is 0.101. The van der Waals surface area contributed by atoms with Gasteiger partial charge in [0.2, 0.25) is 5.91 Å². The Morgan fingerprint density at radius 3 is 2.52 bits per heavy atom. The van der Waals surface area contributed by atoms with Gasteiger partial charge in [0.1, 0.15) is 11.9 Å². The molecule has 0 spiro atoms. The third kappa shape index (κ3) is 5.58. The van der Waals surface area contributed by atoms with Gasteiger partial charge in [-0.15, -0.1) is 0 Å². The molecule has 0 radical (unpaired) electrons. The highest BCUT2D eigenvalue weighted by Crippen LogP contribution is 2.24. The minimum Gasteiger partial charge on any atom is -0.487 e. The van der Waals surface area contributed by atoms with Crippen molar-refractivity contribution in [2.75, 3.05) is 6.54 Å². The highest BCUT2D eigenvalue weighted by atomic mass is 35.5. The largest absolute Gasteiger partial charge is 0.487 e. The second-order valence-electron chi connectivity index (χ2n) is 5.38. The molecule has 0 aliphatic heterocycles. The van der Waals surface area contributed by atoms with Crippen LogP contribution in [0.5, 0.6) is 5.75 Å². The molecule has 2 rings (SSSR count). The fourth-order valence-corrected chi connectivity index (χ4v) is 2.33. The second kappa shape index (κ2) is 8.56. The first-order valence-electron chi connectivity index (χ1n) is 7.54. The highest BCUT2D eigenvalue weighted by Gasteiger charge is 2.13. The molecule has 2 atom stereocenters. The van der Waals surface area contributed by atoms with E-state index in [4.69, 9.17) is 22.1 Å². The molecule has 1 amide bonds. The van der Waals surface area contributed by atoms with Crippen molar-refractivity contribution >= 4 is 17.5 Å². The first-order chi connectivity index (χ1) is 11.1. The molecule has 2 unspecified atom stereocenters. The molecule has 0 aromatic heterocycles. The summed E-state index contributed by atoms with van der Waals surface area (Å²) < 4.78 is 5.71. The van der Waals surface area contributed by atoms with Gasteiger partial charge in [0, 0.05) is 12.5 Å². The van der Waals surface area contributed by atoms with Crippen LogP contribution in [0, 0.1) is 0 Å². The summed E-state index contributed by atoms with van der Waals surface area (Å²) in [5.74, 6) is 0.507. The van der Waals surface area contributed by atoms with Gasteiger partial charge in [-0.3, -0.25) is 4.79 Å². The van der Waals surface area contributed by atoms with E-state index in [-0.39, 0.29) is 24.5 Å². The van der Waals surface area contributed by atoms with Crippen molar-refractivity contribution in [1.82, 2.24) is 5.32 Å². The van der Waals surface area contributed by atoms with Crippen LogP contribution in [0.3, 0.4) is 0 Å². The number of carbonyl (C=O) groups is 1. The van der Waals surface area contributed by atoms with E-state index in [1.165, 1.54) is 0 Å². The number of para-hydroxylation sites is 1. The van der Waals surface area contributed by atoms with Crippen LogP contribution in [-0.2, 0) is 4.79 Å². The van der Waals surface area contributed by atoms with Gasteiger partial charge in [0.15, 0.2) is 0 Å². The minimum atomic E-state index is -0.309. The van der Waals surface area contributed by atoms with Crippen molar-refractivity contribution in [3.05, 3.63) is 65.2 Å². The Balaban J connectivity index is 1.77. The molecule has 5 heteroatoms. The van der Waals surface area contributed by atoms with Crippen molar-refractivity contribution in [3.8, 4) is 5.75 Å². The van der Waals surface area contributed by atoms with Crippen molar-refractivity contribution < 1.29 is 9.53 Å². The van der Waals surface area contributed by atoms with E-state index < -0.39 is 0 Å². The molecular weight excluding hydrogens is 312 g/mol. The summed E-state index contributed by atoms with van der Waals surface area (Å²) in [5, 5.41) is 3.39. The molecule has 0 aliphatic rings. The van der Waals surface area contributed by atoms with E-state index in [1.807, 2.05) is 49.4 Å². The third-order valence-corrected chi connectivity index (χ3v) is 3.70. The summed E-state index contributed by atoms with van der Waals surface area (Å²) in [6.07, 6.45) is 0.0508. The SMILES string of the molecule is CC(CNC(=O)CC(N)c1ccccc1)Oc1ccccc1Cl. The quantitative estimate of drug-likeness (QED) is 0.817. The van der Waals surface area contributed by atoms with Crippen LogP contribution >= 0.6 is 11.6 Å². The zero-order chi connectivity index (χ0) is 16.7. The maximum Gasteiger partial charge on any atom is 0.222 e. The number of hydrogen-bond donors (Lipinski definition) is 2. The molecule has 0 heterocycles. The lowest BCUT2D eigenvalue weighted by atomic mass is 10.0. The van der Waals surface area contributed by atoms with Crippen LogP contribution < -0.4 is 15.8 Å². The van der Waals surface area contributed by atoms with Gasteiger partial charge in [-0.05, 0) is 24.6 Å². The molecule has 0 saturated heterocycles. The first-order valence-corrected chi connectivity index (χ1v) is 7.92. The van der Waals surface area contributed by atoms with Crippen LogP contribution in [0.2, 0.25) is 5.02 Å². The van der Waals surface area contributed by atoms with E-state index >= 15 is 0 Å². The Morgan fingerprint density at radius 1 is 1.17 bits per heavy atom. The van der Waals surface area contributed by atoms with Crippen molar-refractivity contribution in [3.63, 3.8) is 0 Å². The molecule has 4 nitrogen and oxygen atoms in total. The van der Waals surface area contributed by atoms with Crippen molar-refractivity contribution in [2.24, 2.45) is 5.73 Å². The van der Waals surface area contributed by atoms with Gasteiger partial charge < -0.3 is 15.8 Å². The van der Waals surface area contributed by atoms with E-state index in [2.05, 4.69) is 5.32 Å². The summed E-state index contributed by atoms with van der Waals surface area (Å²) in [7, 11) is 0. The number of rotatable bonds is 7. The first kappa shape index (κ1) is 17.3. The predicted octanol–water partition coefficient (Wildman–Crippen LogP) is 3.31. The molecule has 2 aromatic rings. The monoisotopic (exact) mass is 332 g/mol. The van der Waals surface area contributed by atoms with E-state index in [1.54, 1.807) is 12.1 Å². The Bertz CT molecular complexity index is 634. The fraction of sp³-hybridized carbons (Fsp3) is 0.278. The van der Waals surface area contributed by atoms with Gasteiger partial charge in [0.05, 0.1) is 11.6 Å². The average molecular weight is 333 g/mol. The summed E-state index contributed by atoms with van der Waals surface area (Å²) in [4.78, 5) is 12.0. The maximum absolute atomic E-state index is 12.0. The second-order valence-corrected chi connectivity index (χ2v) is 5.79. The lowest BCUT2D eigenvalue weighted by Gasteiger charge is -2.17. The number of carbonyl (C=O) groups excluding carboxylic acids is 1. The van der Waals surface area contributed by atoms with Crippen molar-refractivity contribution in [1.29, 1.82) is 0 Å². The zero-order valence-corrected chi connectivity index (χ0v) is 13.8. The normalized spacial score (nSPS) is 13.2. The Kier molecular flexibility index (Phi) is 6.44. The molecule has 0 aliphatic carbocycles. The fourth-order valence-electron chi connectivity index (χ4n) is 2.15. The van der Waals surface area contributed by atoms with Crippen LogP contribution in [0.1, 0.15) is 24.9 Å². The van der Waals surface area contributed by atoms with Crippen LogP contribution in [0.25, 0.3) is 0 Å². The van der Waals surface area contributed by atoms with E-state index in [0.29, 0.717) is 17.3 Å². The molecule has 122 valence electrons. The van der Waals surface area contributed by atoms with Crippen molar-refractivity contribution in [2.45, 2.75) is 25.5 Å². The topological polar surface area (TPSA) is 64.4 Å². The molecular formula is C18H21ClN2O2. The zero-order valence-electron chi connectivity index (χ0n) is 13.0. The lowest BCUT2D eigenvalue weighted by Crippen LogP contribution is -2.35. The van der Waals surface area contributed by atoms with Gasteiger partial charge in [-0.1, -0.05) is 54.1 Å². The van der Waals surface area contributed by atoms with Gasteiger partial charge >= 0.3 is 0 Å². The number of benzene rings is 2. The molecule has 3 N–H and O–H groups in total. The Hall–Kier alpha value is -2.04. The lowest BCUT2D eigenvalue weighted by molar-refractivity contribution is -0.121. The summed E-state index contributed by atoms with van der Waals surface area (Å²) in [6, 6.07) is 16.5. The molecule has 0 saturated carbocycles. The van der Waals surface area contributed by atoms with Crippen LogP contribution in [0.15, 0.2) is 54.6 Å². The summed E-state index contributed by atoms with van der Waals surface area (Å²) >= 11 is 6.04. The highest BCUT2D eigenvalue weighted by molar-refractivity contribution is 6.32. The van der Waals surface area contributed by atoms with Gasteiger partial charge in [0.25, 0.3) is 0 Å². The number of ether oxygens (including phenoxy) is 1. The average Bonchev–Trinajstić information content (AvgIpc) is 2.56. The summed E-state index contributed by atoms with van der Waals surface area (Å²) in [5.41, 5.74) is 6.98. The molecule has 0 bridgehead atoms. The third-order valence-electron chi connectivity index (χ3n) is 3.38. The standard InChI is InChI=1S/C18H21ClN2O2/c1-13(23-17-10-6-5-9-15(17)19)12-21-18(22)11-16(20)14-7-3-2-4-8-14/h2-10,13,16H,11-12,20H2,1H3,(H,21,22). The molecule has 23 heavy (non-hydrogen) atoms. The number of halogens is 1. The maximum atomic E-state index is 12.0. The van der Waals surface area contributed by atoms with Gasteiger partial charge in [-0.25, -0.2) is 0 Å². The number of amides is 1. The van der Waals surface area contributed by atoms with Gasteiger partial charge in [-0.2, -0.15) is 0 Å². The Labute approximate surface area is 141 Å². The van der Waals surface area contributed by atoms with Crippen LogP contribution in [-0.4, -0.2) is 18.6 Å². The number of nitrogens with two attached hydrogens (primary N) is 1. The summed E-state index contributed by atoms with van der Waals surface area (Å²) in [6.45, 7) is 2.27. The number of nitrogens with one attached hydrogen (secondary N) is 1. The Morgan fingerprint density at radius 2 is 1.83 bits per heavy atom. The molecule has 0 fully saturated rings.